The largest absolute Gasteiger partial charge is 0.871 e. The van der Waals surface area contributed by atoms with Crippen molar-refractivity contribution in [3.05, 3.63) is 11.5 Å². The molecule has 6 nitrogen and oxygen atoms in total. The molecule has 0 aromatic heterocycles. The Kier molecular flexibility index (Phi) is 2.79. The highest BCUT2D eigenvalue weighted by Gasteiger charge is 2.43. The molecule has 1 rings (SSSR count). The van der Waals surface area contributed by atoms with Crippen LogP contribution in [0.15, 0.2) is 11.5 Å². The third-order valence-electron chi connectivity index (χ3n) is 2.18. The van der Waals surface area contributed by atoms with Crippen molar-refractivity contribution in [1.29, 1.82) is 0 Å². The van der Waals surface area contributed by atoms with Crippen LogP contribution in [0.3, 0.4) is 0 Å². The number of carbonyl (C=O) groups excluding carboxylic acids is 1. The van der Waals surface area contributed by atoms with Crippen LogP contribution in [0.4, 0.5) is 0 Å². The molecular formula is C8H11O6-. The summed E-state index contributed by atoms with van der Waals surface area (Å²) < 4.78 is 4.49. The molecule has 80 valence electrons. The summed E-state index contributed by atoms with van der Waals surface area (Å²) in [6.45, 7) is -0.858. The van der Waals surface area contributed by atoms with Gasteiger partial charge in [-0.1, -0.05) is 5.76 Å². The van der Waals surface area contributed by atoms with Crippen LogP contribution in [0.25, 0.3) is 0 Å². The monoisotopic (exact) mass is 203 g/mol. The maximum atomic E-state index is 11.2. The van der Waals surface area contributed by atoms with Gasteiger partial charge in [-0.3, -0.25) is 4.79 Å². The summed E-state index contributed by atoms with van der Waals surface area (Å²) in [7, 11) is 1.13. The summed E-state index contributed by atoms with van der Waals surface area (Å²) in [5.41, 5.74) is -2.09. The summed E-state index contributed by atoms with van der Waals surface area (Å²) in [6, 6.07) is 0. The molecule has 0 bridgehead atoms. The van der Waals surface area contributed by atoms with Gasteiger partial charge in [-0.15, -0.1) is 0 Å². The van der Waals surface area contributed by atoms with Crippen molar-refractivity contribution >= 4 is 5.78 Å². The molecule has 0 heterocycles. The number of ketones is 1. The fourth-order valence-corrected chi connectivity index (χ4v) is 1.32. The number of aliphatic hydroxyl groups excluding tert-OH is 2. The Bertz CT molecular complexity index is 284. The third-order valence-corrected chi connectivity index (χ3v) is 2.18. The van der Waals surface area contributed by atoms with Gasteiger partial charge < -0.3 is 25.2 Å². The lowest BCUT2D eigenvalue weighted by molar-refractivity contribution is -0.337. The zero-order valence-corrected chi connectivity index (χ0v) is 7.56. The van der Waals surface area contributed by atoms with E-state index in [9.17, 15) is 20.1 Å². The highest BCUT2D eigenvalue weighted by Crippen LogP contribution is 2.28. The number of carbonyl (C=O) groups is 1. The van der Waals surface area contributed by atoms with Gasteiger partial charge in [0.25, 0.3) is 0 Å². The number of hydrogen-bond acceptors (Lipinski definition) is 6. The van der Waals surface area contributed by atoms with E-state index in [4.69, 9.17) is 5.11 Å². The average molecular weight is 203 g/mol. The molecule has 0 unspecified atom stereocenters. The summed E-state index contributed by atoms with van der Waals surface area (Å²) in [4.78, 5) is 11.2. The molecule has 1 aliphatic carbocycles. The van der Waals surface area contributed by atoms with Gasteiger partial charge in [-0.2, -0.15) is 0 Å². The molecule has 0 aromatic carbocycles. The molecular weight excluding hydrogens is 192 g/mol. The first-order chi connectivity index (χ1) is 6.46. The summed E-state index contributed by atoms with van der Waals surface area (Å²) >= 11 is 0. The molecule has 0 saturated carbocycles. The Morgan fingerprint density at radius 2 is 2.29 bits per heavy atom. The maximum absolute atomic E-state index is 11.2. The van der Waals surface area contributed by atoms with Crippen molar-refractivity contribution in [2.24, 2.45) is 0 Å². The van der Waals surface area contributed by atoms with Crippen molar-refractivity contribution in [2.75, 3.05) is 13.7 Å². The smallest absolute Gasteiger partial charge is 0.199 e. The SMILES string of the molecule is COC1=C([O-])[C@H](O)[C@](O)(CO)CC1=O. The Hall–Kier alpha value is -1.11. The number of allylic oxidation sites excluding steroid dienone is 1. The van der Waals surface area contributed by atoms with E-state index in [1.807, 2.05) is 0 Å². The Balaban J connectivity index is 3.11. The summed E-state index contributed by atoms with van der Waals surface area (Å²) in [5, 5.41) is 38.8. The molecule has 0 amide bonds. The van der Waals surface area contributed by atoms with Gasteiger partial charge in [-0.05, 0) is 0 Å². The van der Waals surface area contributed by atoms with Gasteiger partial charge in [0.05, 0.1) is 13.7 Å². The number of hydrogen-bond donors (Lipinski definition) is 3. The molecule has 0 aliphatic heterocycles. The Morgan fingerprint density at radius 3 is 2.71 bits per heavy atom. The second-order valence-electron chi connectivity index (χ2n) is 3.16. The van der Waals surface area contributed by atoms with Crippen LogP contribution in [-0.4, -0.2) is 46.5 Å². The van der Waals surface area contributed by atoms with Gasteiger partial charge in [0.1, 0.15) is 11.7 Å². The summed E-state index contributed by atoms with van der Waals surface area (Å²) in [6.07, 6.45) is -2.35. The summed E-state index contributed by atoms with van der Waals surface area (Å²) in [5.74, 6) is -2.21. The molecule has 1 aliphatic rings. The van der Waals surface area contributed by atoms with E-state index in [-0.39, 0.29) is 0 Å². The van der Waals surface area contributed by atoms with E-state index in [1.54, 1.807) is 0 Å². The fraction of sp³-hybridized carbons (Fsp3) is 0.625. The van der Waals surface area contributed by atoms with Crippen molar-refractivity contribution in [2.45, 2.75) is 18.1 Å². The zero-order chi connectivity index (χ0) is 10.9. The second kappa shape index (κ2) is 3.56. The lowest BCUT2D eigenvalue weighted by atomic mass is 9.84. The second-order valence-corrected chi connectivity index (χ2v) is 3.16. The van der Waals surface area contributed by atoms with Crippen LogP contribution in [0.1, 0.15) is 6.42 Å². The minimum Gasteiger partial charge on any atom is -0.871 e. The number of methoxy groups -OCH3 is 1. The predicted molar refractivity (Wildman–Crippen MR) is 41.7 cm³/mol. The van der Waals surface area contributed by atoms with E-state index >= 15 is 0 Å². The van der Waals surface area contributed by atoms with Crippen LogP contribution < -0.4 is 5.11 Å². The van der Waals surface area contributed by atoms with Crippen molar-refractivity contribution < 1.29 is 30.0 Å². The molecule has 6 heteroatoms. The van der Waals surface area contributed by atoms with E-state index in [0.717, 1.165) is 7.11 Å². The minimum atomic E-state index is -2.09. The molecule has 0 fully saturated rings. The van der Waals surface area contributed by atoms with Crippen LogP contribution >= 0.6 is 0 Å². The highest BCUT2D eigenvalue weighted by molar-refractivity contribution is 5.95. The van der Waals surface area contributed by atoms with Crippen LogP contribution in [0.5, 0.6) is 0 Å². The van der Waals surface area contributed by atoms with E-state index in [0.29, 0.717) is 0 Å². The number of Topliss-reactive ketones (excluding diaryl/α,β-unsaturated/α-hetero) is 1. The van der Waals surface area contributed by atoms with Gasteiger partial charge in [0, 0.05) is 6.42 Å². The molecule has 3 N–H and O–H groups in total. The fourth-order valence-electron chi connectivity index (χ4n) is 1.32. The number of aliphatic hydroxyl groups is 3. The topological polar surface area (TPSA) is 110 Å². The number of ether oxygens (including phenoxy) is 1. The van der Waals surface area contributed by atoms with Gasteiger partial charge in [0.15, 0.2) is 11.5 Å². The Labute approximate surface area is 80.1 Å². The third kappa shape index (κ3) is 1.47. The minimum absolute atomic E-state index is 0.490. The first-order valence-corrected chi connectivity index (χ1v) is 3.96. The first kappa shape index (κ1) is 11.0. The zero-order valence-electron chi connectivity index (χ0n) is 7.56. The Morgan fingerprint density at radius 1 is 1.71 bits per heavy atom. The van der Waals surface area contributed by atoms with Crippen LogP contribution in [0, 0.1) is 0 Å². The molecule has 2 atom stereocenters. The molecule has 0 spiro atoms. The normalized spacial score (nSPS) is 33.4. The van der Waals surface area contributed by atoms with Gasteiger partial charge in [0.2, 0.25) is 0 Å². The predicted octanol–water partition coefficient (Wildman–Crippen LogP) is -2.74. The molecule has 0 aromatic rings. The standard InChI is InChI=1S/C8H12O6/c1-14-6-4(10)2-8(13,3-9)7(12)5(6)11/h7,9,11-13H,2-3H2,1H3/p-1/t7-,8+/m0/s1. The van der Waals surface area contributed by atoms with E-state index < -0.39 is 42.0 Å². The molecule has 0 saturated heterocycles. The first-order valence-electron chi connectivity index (χ1n) is 3.96. The van der Waals surface area contributed by atoms with Crippen LogP contribution in [0.2, 0.25) is 0 Å². The van der Waals surface area contributed by atoms with Gasteiger partial charge >= 0.3 is 0 Å². The maximum Gasteiger partial charge on any atom is 0.199 e. The quantitative estimate of drug-likeness (QED) is 0.449. The van der Waals surface area contributed by atoms with E-state index in [1.165, 1.54) is 0 Å². The van der Waals surface area contributed by atoms with Gasteiger partial charge in [-0.25, -0.2) is 0 Å². The lowest BCUT2D eigenvalue weighted by Gasteiger charge is -2.39. The number of rotatable bonds is 2. The molecule has 14 heavy (non-hydrogen) atoms. The van der Waals surface area contributed by atoms with Crippen LogP contribution in [-0.2, 0) is 9.53 Å². The molecule has 0 radical (unpaired) electrons. The lowest BCUT2D eigenvalue weighted by Crippen LogP contribution is -2.54. The van der Waals surface area contributed by atoms with Crippen molar-refractivity contribution in [3.8, 4) is 0 Å². The average Bonchev–Trinajstić information content (AvgIpc) is 2.15. The van der Waals surface area contributed by atoms with Crippen molar-refractivity contribution in [3.63, 3.8) is 0 Å². The highest BCUT2D eigenvalue weighted by atomic mass is 16.5. The van der Waals surface area contributed by atoms with Crippen molar-refractivity contribution in [1.82, 2.24) is 0 Å². The van der Waals surface area contributed by atoms with E-state index in [2.05, 4.69) is 4.74 Å².